The molecule has 2 rings (SSSR count). The van der Waals surface area contributed by atoms with E-state index in [0.29, 0.717) is 16.5 Å². The molecule has 0 atom stereocenters. The molecule has 17 heavy (non-hydrogen) atoms. The van der Waals surface area contributed by atoms with Gasteiger partial charge in [-0.05, 0) is 37.0 Å². The van der Waals surface area contributed by atoms with Crippen molar-refractivity contribution in [2.75, 3.05) is 13.1 Å². The molecule has 0 aliphatic carbocycles. The predicted molar refractivity (Wildman–Crippen MR) is 69.4 cm³/mol. The van der Waals surface area contributed by atoms with Gasteiger partial charge in [-0.2, -0.15) is 0 Å². The van der Waals surface area contributed by atoms with Gasteiger partial charge in [0.25, 0.3) is 0 Å². The third-order valence-corrected chi connectivity index (χ3v) is 3.34. The Balaban J connectivity index is 1.83. The Morgan fingerprint density at radius 2 is 2.00 bits per heavy atom. The van der Waals surface area contributed by atoms with Crippen LogP contribution in [0.25, 0.3) is 0 Å². The van der Waals surface area contributed by atoms with E-state index in [0.717, 1.165) is 37.9 Å². The first-order valence-corrected chi connectivity index (χ1v) is 6.56. The van der Waals surface area contributed by atoms with Crippen LogP contribution in [0.15, 0.2) is 12.1 Å². The molecule has 1 amide bonds. The van der Waals surface area contributed by atoms with Crippen LogP contribution in [0.5, 0.6) is 0 Å². The van der Waals surface area contributed by atoms with Crippen molar-refractivity contribution in [3.05, 3.63) is 33.8 Å². The summed E-state index contributed by atoms with van der Waals surface area (Å²) in [7, 11) is 0. The number of aryl methyl sites for hydroxylation is 1. The van der Waals surface area contributed by atoms with Gasteiger partial charge < -0.3 is 4.90 Å². The summed E-state index contributed by atoms with van der Waals surface area (Å²) in [6, 6.07) is 6.56. The average Bonchev–Trinajstić information content (AvgIpc) is 2.63. The van der Waals surface area contributed by atoms with E-state index >= 15 is 0 Å². The molecule has 1 saturated heterocycles. The van der Waals surface area contributed by atoms with E-state index in [4.69, 9.17) is 23.2 Å². The molecule has 0 unspecified atom stereocenters. The maximum Gasteiger partial charge on any atom is 0.222 e. The zero-order valence-corrected chi connectivity index (χ0v) is 11.0. The highest BCUT2D eigenvalue weighted by Crippen LogP contribution is 2.19. The smallest absolute Gasteiger partial charge is 0.222 e. The molecule has 0 N–H and O–H groups in total. The number of carbonyl (C=O) groups excluding carboxylic acids is 1. The second-order valence-corrected chi connectivity index (χ2v) is 5.09. The molecule has 1 aromatic carbocycles. The van der Waals surface area contributed by atoms with Crippen molar-refractivity contribution in [2.24, 2.45) is 0 Å². The van der Waals surface area contributed by atoms with Crippen LogP contribution in [-0.4, -0.2) is 23.9 Å². The molecular formula is C13H14Cl2NO. The van der Waals surface area contributed by atoms with E-state index in [-0.39, 0.29) is 5.91 Å². The first kappa shape index (κ1) is 12.7. The summed E-state index contributed by atoms with van der Waals surface area (Å²) in [4.78, 5) is 13.3. The molecule has 1 fully saturated rings. The Bertz CT molecular complexity index is 400. The molecule has 0 aromatic heterocycles. The second kappa shape index (κ2) is 5.74. The van der Waals surface area contributed by atoms with Crippen molar-refractivity contribution in [1.82, 2.24) is 4.90 Å². The van der Waals surface area contributed by atoms with Crippen LogP contribution in [0.1, 0.15) is 24.8 Å². The predicted octanol–water partition coefficient (Wildman–Crippen LogP) is 3.35. The van der Waals surface area contributed by atoms with E-state index in [1.54, 1.807) is 0 Å². The van der Waals surface area contributed by atoms with Crippen molar-refractivity contribution in [2.45, 2.75) is 25.7 Å². The van der Waals surface area contributed by atoms with Crippen LogP contribution < -0.4 is 0 Å². The number of amides is 1. The lowest BCUT2D eigenvalue weighted by Crippen LogP contribution is -2.25. The molecule has 2 nitrogen and oxygen atoms in total. The maximum atomic E-state index is 11.4. The highest BCUT2D eigenvalue weighted by Gasteiger charge is 2.18. The lowest BCUT2D eigenvalue weighted by molar-refractivity contribution is -0.127. The van der Waals surface area contributed by atoms with Gasteiger partial charge in [0.1, 0.15) is 0 Å². The largest absolute Gasteiger partial charge is 0.343 e. The summed E-state index contributed by atoms with van der Waals surface area (Å²) in [5.74, 6) is 0.280. The highest BCUT2D eigenvalue weighted by molar-refractivity contribution is 6.34. The molecule has 1 radical (unpaired) electrons. The van der Waals surface area contributed by atoms with Crippen molar-refractivity contribution in [3.63, 3.8) is 0 Å². The van der Waals surface area contributed by atoms with Crippen LogP contribution in [0.4, 0.5) is 0 Å². The van der Waals surface area contributed by atoms with E-state index in [2.05, 4.69) is 6.07 Å². The lowest BCUT2D eigenvalue weighted by atomic mass is 10.1. The van der Waals surface area contributed by atoms with Crippen LogP contribution in [-0.2, 0) is 11.2 Å². The van der Waals surface area contributed by atoms with Gasteiger partial charge in [0.05, 0.1) is 10.0 Å². The molecule has 1 aliphatic heterocycles. The molecule has 0 spiro atoms. The van der Waals surface area contributed by atoms with Crippen molar-refractivity contribution < 1.29 is 4.79 Å². The molecular weight excluding hydrogens is 257 g/mol. The Kier molecular flexibility index (Phi) is 4.30. The topological polar surface area (TPSA) is 20.3 Å². The van der Waals surface area contributed by atoms with Crippen LogP contribution >= 0.6 is 23.2 Å². The first-order chi connectivity index (χ1) is 8.15. The summed E-state index contributed by atoms with van der Waals surface area (Å²) < 4.78 is 0. The third-order valence-electron chi connectivity index (χ3n) is 2.93. The third kappa shape index (κ3) is 3.62. The van der Waals surface area contributed by atoms with Crippen molar-refractivity contribution >= 4 is 29.1 Å². The summed E-state index contributed by atoms with van der Waals surface area (Å²) in [6.07, 6.45) is 3.54. The minimum Gasteiger partial charge on any atom is -0.343 e. The van der Waals surface area contributed by atoms with Gasteiger partial charge in [-0.15, -0.1) is 0 Å². The standard InChI is InChI=1S/C13H14Cl2NO/c14-11-7-10(8-12(15)9-11)3-1-5-16-6-2-4-13(16)17/h7-8H,1-6H2. The van der Waals surface area contributed by atoms with Crippen LogP contribution in [0.3, 0.4) is 0 Å². The van der Waals surface area contributed by atoms with Gasteiger partial charge >= 0.3 is 0 Å². The number of halogens is 2. The highest BCUT2D eigenvalue weighted by atomic mass is 35.5. The summed E-state index contributed by atoms with van der Waals surface area (Å²) in [5.41, 5.74) is 1.10. The van der Waals surface area contributed by atoms with Gasteiger partial charge in [-0.25, -0.2) is 0 Å². The van der Waals surface area contributed by atoms with Crippen molar-refractivity contribution in [3.8, 4) is 0 Å². The summed E-state index contributed by atoms with van der Waals surface area (Å²) in [5, 5.41) is 1.09. The fraction of sp³-hybridized carbons (Fsp3) is 0.462. The fourth-order valence-corrected chi connectivity index (χ4v) is 2.64. The Morgan fingerprint density at radius 1 is 1.29 bits per heavy atom. The number of benzene rings is 1. The SMILES string of the molecule is O=C1CCCN1CCCc1cc(Cl)[c]c(Cl)c1. The minimum atomic E-state index is 0.280. The average molecular weight is 271 g/mol. The minimum absolute atomic E-state index is 0.280. The Morgan fingerprint density at radius 3 is 2.59 bits per heavy atom. The molecule has 0 saturated carbocycles. The number of rotatable bonds is 4. The molecule has 1 aromatic rings. The first-order valence-electron chi connectivity index (χ1n) is 5.80. The number of hydrogen-bond acceptors (Lipinski definition) is 1. The van der Waals surface area contributed by atoms with E-state index in [1.807, 2.05) is 17.0 Å². The molecule has 4 heteroatoms. The summed E-state index contributed by atoms with van der Waals surface area (Å²) >= 11 is 11.7. The van der Waals surface area contributed by atoms with Crippen LogP contribution in [0.2, 0.25) is 10.0 Å². The van der Waals surface area contributed by atoms with Gasteiger partial charge in [-0.3, -0.25) is 4.79 Å². The fourth-order valence-electron chi connectivity index (χ4n) is 2.11. The van der Waals surface area contributed by atoms with E-state index in [9.17, 15) is 4.79 Å². The van der Waals surface area contributed by atoms with Gasteiger partial charge in [0.15, 0.2) is 0 Å². The van der Waals surface area contributed by atoms with E-state index < -0.39 is 0 Å². The van der Waals surface area contributed by atoms with Crippen molar-refractivity contribution in [1.29, 1.82) is 0 Å². The second-order valence-electron chi connectivity index (χ2n) is 4.27. The monoisotopic (exact) mass is 270 g/mol. The van der Waals surface area contributed by atoms with Crippen LogP contribution in [0, 0.1) is 6.07 Å². The van der Waals surface area contributed by atoms with Gasteiger partial charge in [0.2, 0.25) is 5.91 Å². The normalized spacial score (nSPS) is 15.6. The quantitative estimate of drug-likeness (QED) is 0.822. The molecule has 91 valence electrons. The zero-order chi connectivity index (χ0) is 12.3. The molecule has 1 aliphatic rings. The number of likely N-dealkylation sites (tertiary alicyclic amines) is 1. The van der Waals surface area contributed by atoms with Gasteiger partial charge in [-0.1, -0.05) is 23.2 Å². The Labute approximate surface area is 112 Å². The number of nitrogens with zero attached hydrogens (tertiary/aromatic N) is 1. The number of hydrogen-bond donors (Lipinski definition) is 0. The molecule has 1 heterocycles. The molecule has 0 bridgehead atoms. The van der Waals surface area contributed by atoms with E-state index in [1.165, 1.54) is 0 Å². The zero-order valence-electron chi connectivity index (χ0n) is 9.51. The lowest BCUT2D eigenvalue weighted by Gasteiger charge is -2.15. The Hall–Kier alpha value is -0.730. The number of carbonyl (C=O) groups is 1. The maximum absolute atomic E-state index is 11.4. The summed E-state index contributed by atoms with van der Waals surface area (Å²) in [6.45, 7) is 1.73. The van der Waals surface area contributed by atoms with Gasteiger partial charge in [0, 0.05) is 25.6 Å².